The fourth-order valence-electron chi connectivity index (χ4n) is 0.264. The van der Waals surface area contributed by atoms with Crippen LogP contribution in [0.4, 0.5) is 0 Å². The predicted molar refractivity (Wildman–Crippen MR) is 35.0 cm³/mol. The van der Waals surface area contributed by atoms with Crippen molar-refractivity contribution in [2.45, 2.75) is 6.92 Å². The second kappa shape index (κ2) is 3.89. The van der Waals surface area contributed by atoms with Gasteiger partial charge in [-0.15, -0.1) is 0 Å². The predicted octanol–water partition coefficient (Wildman–Crippen LogP) is 1.19. The molecule has 0 fully saturated rings. The van der Waals surface area contributed by atoms with E-state index in [1.807, 2.05) is 0 Å². The normalized spacial score (nSPS) is 12.9. The number of ether oxygens (including phenoxy) is 1. The Morgan fingerprint density at radius 3 is 2.50 bits per heavy atom. The van der Waals surface area contributed by atoms with Crippen molar-refractivity contribution >= 4 is 21.9 Å². The van der Waals surface area contributed by atoms with Gasteiger partial charge in [-0.2, -0.15) is 0 Å². The van der Waals surface area contributed by atoms with Crippen LogP contribution in [-0.4, -0.2) is 18.4 Å². The topological polar surface area (TPSA) is 26.3 Å². The van der Waals surface area contributed by atoms with Crippen molar-refractivity contribution in [2.24, 2.45) is 5.92 Å². The highest BCUT2D eigenvalue weighted by atomic mass is 79.9. The first-order chi connectivity index (χ1) is 3.72. The number of carbonyl (C=O) groups excluding carboxylic acids is 1. The number of hydrogen-bond acceptors (Lipinski definition) is 2. The summed E-state index contributed by atoms with van der Waals surface area (Å²) >= 11 is 3.16. The van der Waals surface area contributed by atoms with Gasteiger partial charge in [-0.05, 0) is 0 Å². The zero-order chi connectivity index (χ0) is 6.57. The number of esters is 1. The largest absolute Gasteiger partial charge is 0.469 e. The number of rotatable bonds is 2. The SMILES string of the molecule is COC(=O)[C@H](C)CBr. The van der Waals surface area contributed by atoms with Crippen LogP contribution in [0.15, 0.2) is 0 Å². The van der Waals surface area contributed by atoms with Gasteiger partial charge in [0.25, 0.3) is 0 Å². The van der Waals surface area contributed by atoms with Crippen LogP contribution in [0.2, 0.25) is 0 Å². The van der Waals surface area contributed by atoms with E-state index in [0.29, 0.717) is 5.33 Å². The van der Waals surface area contributed by atoms with E-state index in [0.717, 1.165) is 0 Å². The van der Waals surface area contributed by atoms with E-state index >= 15 is 0 Å². The molecule has 0 aromatic rings. The summed E-state index contributed by atoms with van der Waals surface area (Å²) in [4.78, 5) is 10.5. The number of hydrogen-bond donors (Lipinski definition) is 0. The molecule has 3 heteroatoms. The van der Waals surface area contributed by atoms with Crippen molar-refractivity contribution < 1.29 is 9.53 Å². The lowest BCUT2D eigenvalue weighted by Crippen LogP contribution is -2.13. The molecule has 0 amide bonds. The zero-order valence-electron chi connectivity index (χ0n) is 4.98. The molecule has 0 saturated carbocycles. The smallest absolute Gasteiger partial charge is 0.309 e. The summed E-state index contributed by atoms with van der Waals surface area (Å²) in [6.07, 6.45) is 0. The Hall–Kier alpha value is -0.0500. The van der Waals surface area contributed by atoms with Crippen LogP contribution < -0.4 is 0 Å². The molecule has 0 radical (unpaired) electrons. The molecule has 0 saturated heterocycles. The summed E-state index contributed by atoms with van der Waals surface area (Å²) in [7, 11) is 1.39. The summed E-state index contributed by atoms with van der Waals surface area (Å²) in [5, 5.41) is 0.666. The molecule has 0 bridgehead atoms. The molecule has 2 nitrogen and oxygen atoms in total. The van der Waals surface area contributed by atoms with Crippen LogP contribution in [-0.2, 0) is 9.53 Å². The van der Waals surface area contributed by atoms with Crippen LogP contribution in [0, 0.1) is 5.92 Å². The molecule has 0 aliphatic rings. The lowest BCUT2D eigenvalue weighted by molar-refractivity contribution is -0.143. The molecule has 8 heavy (non-hydrogen) atoms. The van der Waals surface area contributed by atoms with E-state index < -0.39 is 0 Å². The first-order valence-corrected chi connectivity index (χ1v) is 3.48. The highest BCUT2D eigenvalue weighted by molar-refractivity contribution is 9.09. The maximum atomic E-state index is 10.5. The lowest BCUT2D eigenvalue weighted by Gasteiger charge is -2.01. The molecule has 0 spiro atoms. The molecule has 0 aromatic heterocycles. The summed E-state index contributed by atoms with van der Waals surface area (Å²) in [6.45, 7) is 1.81. The first-order valence-electron chi connectivity index (χ1n) is 2.36. The maximum Gasteiger partial charge on any atom is 0.309 e. The van der Waals surface area contributed by atoms with Crippen LogP contribution in [0.5, 0.6) is 0 Å². The van der Waals surface area contributed by atoms with E-state index in [4.69, 9.17) is 0 Å². The van der Waals surface area contributed by atoms with Crippen LogP contribution in [0.3, 0.4) is 0 Å². The molecule has 0 unspecified atom stereocenters. The Bertz CT molecular complexity index is 82.5. The second-order valence-electron chi connectivity index (χ2n) is 1.58. The fraction of sp³-hybridized carbons (Fsp3) is 0.800. The molecule has 0 aliphatic heterocycles. The Kier molecular flexibility index (Phi) is 3.87. The first kappa shape index (κ1) is 7.95. The van der Waals surface area contributed by atoms with Crippen molar-refractivity contribution in [1.82, 2.24) is 0 Å². The highest BCUT2D eigenvalue weighted by Crippen LogP contribution is 2.00. The Morgan fingerprint density at radius 2 is 2.38 bits per heavy atom. The van der Waals surface area contributed by atoms with Crippen molar-refractivity contribution in [3.8, 4) is 0 Å². The van der Waals surface area contributed by atoms with Gasteiger partial charge in [0.2, 0.25) is 0 Å². The third-order valence-electron chi connectivity index (χ3n) is 0.835. The van der Waals surface area contributed by atoms with Gasteiger partial charge in [0.15, 0.2) is 0 Å². The van der Waals surface area contributed by atoms with Gasteiger partial charge in [0.1, 0.15) is 0 Å². The Morgan fingerprint density at radius 1 is 1.88 bits per heavy atom. The quantitative estimate of drug-likeness (QED) is 0.472. The van der Waals surface area contributed by atoms with Crippen molar-refractivity contribution in [3.05, 3.63) is 0 Å². The van der Waals surface area contributed by atoms with Crippen LogP contribution in [0.25, 0.3) is 0 Å². The minimum absolute atomic E-state index is 0.0278. The molecule has 0 heterocycles. The monoisotopic (exact) mass is 180 g/mol. The van der Waals surface area contributed by atoms with Crippen molar-refractivity contribution in [2.75, 3.05) is 12.4 Å². The van der Waals surface area contributed by atoms with Crippen LogP contribution in [0.1, 0.15) is 6.92 Å². The molecule has 0 rings (SSSR count). The summed E-state index contributed by atoms with van der Waals surface area (Å²) in [6, 6.07) is 0. The average Bonchev–Trinajstić information content (AvgIpc) is 1.84. The number of carbonyl (C=O) groups is 1. The number of methoxy groups -OCH3 is 1. The third kappa shape index (κ3) is 2.31. The standard InChI is InChI=1S/C5H9BrO2/c1-4(3-6)5(7)8-2/h4H,3H2,1-2H3/t4-/m1/s1. The molecule has 0 aromatic carbocycles. The van der Waals surface area contributed by atoms with Gasteiger partial charge in [-0.3, -0.25) is 4.79 Å². The van der Waals surface area contributed by atoms with E-state index in [1.165, 1.54) is 7.11 Å². The minimum Gasteiger partial charge on any atom is -0.469 e. The second-order valence-corrected chi connectivity index (χ2v) is 2.23. The highest BCUT2D eigenvalue weighted by Gasteiger charge is 2.09. The fourth-order valence-corrected chi connectivity index (χ4v) is 0.529. The van der Waals surface area contributed by atoms with Gasteiger partial charge >= 0.3 is 5.97 Å². The van der Waals surface area contributed by atoms with Gasteiger partial charge in [0, 0.05) is 5.33 Å². The summed E-state index contributed by atoms with van der Waals surface area (Å²) in [5.41, 5.74) is 0. The number of alkyl halides is 1. The summed E-state index contributed by atoms with van der Waals surface area (Å²) < 4.78 is 4.43. The molecular weight excluding hydrogens is 172 g/mol. The van der Waals surface area contributed by atoms with Gasteiger partial charge in [-0.25, -0.2) is 0 Å². The van der Waals surface area contributed by atoms with Crippen LogP contribution >= 0.6 is 15.9 Å². The molecule has 1 atom stereocenters. The summed E-state index contributed by atoms with van der Waals surface area (Å²) in [5.74, 6) is -0.193. The van der Waals surface area contributed by atoms with E-state index in [1.54, 1.807) is 6.92 Å². The van der Waals surface area contributed by atoms with Crippen molar-refractivity contribution in [1.29, 1.82) is 0 Å². The van der Waals surface area contributed by atoms with E-state index in [9.17, 15) is 4.79 Å². The van der Waals surface area contributed by atoms with Crippen molar-refractivity contribution in [3.63, 3.8) is 0 Å². The third-order valence-corrected chi connectivity index (χ3v) is 1.81. The molecular formula is C5H9BrO2. The maximum absolute atomic E-state index is 10.5. The minimum atomic E-state index is -0.165. The van der Waals surface area contributed by atoms with Gasteiger partial charge < -0.3 is 4.74 Å². The zero-order valence-corrected chi connectivity index (χ0v) is 6.56. The van der Waals surface area contributed by atoms with Gasteiger partial charge in [0.05, 0.1) is 13.0 Å². The van der Waals surface area contributed by atoms with E-state index in [2.05, 4.69) is 20.7 Å². The Labute approximate surface area is 57.3 Å². The Balaban J connectivity index is 3.46. The average molecular weight is 181 g/mol. The number of halogens is 1. The lowest BCUT2D eigenvalue weighted by atomic mass is 10.2. The van der Waals surface area contributed by atoms with Gasteiger partial charge in [-0.1, -0.05) is 22.9 Å². The molecule has 0 aliphatic carbocycles. The molecule has 48 valence electrons. The molecule has 0 N–H and O–H groups in total. The van der Waals surface area contributed by atoms with E-state index in [-0.39, 0.29) is 11.9 Å².